The van der Waals surface area contributed by atoms with Gasteiger partial charge in [0.15, 0.2) is 0 Å². The number of primary amides is 1. The van der Waals surface area contributed by atoms with E-state index < -0.39 is 0 Å². The highest BCUT2D eigenvalue weighted by atomic mass is 16.5. The average Bonchev–Trinajstić information content (AvgIpc) is 2.10. The molecule has 0 rings (SSSR count). The van der Waals surface area contributed by atoms with Crippen molar-refractivity contribution in [2.45, 2.75) is 13.8 Å². The Bertz CT molecular complexity index is 174. The van der Waals surface area contributed by atoms with Crippen molar-refractivity contribution in [3.05, 3.63) is 0 Å². The summed E-state index contributed by atoms with van der Waals surface area (Å²) in [6, 6.07) is 0. The monoisotopic (exact) mass is 217 g/mol. The Morgan fingerprint density at radius 1 is 1.40 bits per heavy atom. The van der Waals surface area contributed by atoms with Crippen LogP contribution in [0.4, 0.5) is 0 Å². The normalized spacial score (nSPS) is 11.3. The van der Waals surface area contributed by atoms with E-state index in [1.807, 2.05) is 4.90 Å². The van der Waals surface area contributed by atoms with Gasteiger partial charge in [-0.15, -0.1) is 0 Å². The van der Waals surface area contributed by atoms with Crippen LogP contribution in [0.5, 0.6) is 0 Å². The van der Waals surface area contributed by atoms with E-state index in [-0.39, 0.29) is 5.91 Å². The maximum atomic E-state index is 10.8. The molecule has 0 aromatic carbocycles. The van der Waals surface area contributed by atoms with Crippen LogP contribution in [-0.2, 0) is 9.53 Å². The van der Waals surface area contributed by atoms with Crippen molar-refractivity contribution in [3.8, 4) is 0 Å². The molecule has 0 fully saturated rings. The maximum Gasteiger partial charge on any atom is 0.231 e. The van der Waals surface area contributed by atoms with Crippen molar-refractivity contribution in [1.29, 1.82) is 0 Å². The lowest BCUT2D eigenvalue weighted by atomic mass is 10.2. The minimum absolute atomic E-state index is 0.296. The molecule has 0 aliphatic rings. The molecule has 15 heavy (non-hydrogen) atoms. The van der Waals surface area contributed by atoms with E-state index in [0.29, 0.717) is 32.2 Å². The van der Waals surface area contributed by atoms with E-state index in [9.17, 15) is 4.79 Å². The number of nitrogens with zero attached hydrogens (tertiary/aromatic N) is 1. The lowest BCUT2D eigenvalue weighted by molar-refractivity contribution is -0.119. The molecule has 0 atom stereocenters. The van der Waals surface area contributed by atoms with Gasteiger partial charge in [0, 0.05) is 19.6 Å². The van der Waals surface area contributed by atoms with Crippen LogP contribution in [-0.4, -0.2) is 50.2 Å². The van der Waals surface area contributed by atoms with E-state index >= 15 is 0 Å². The number of hydrogen-bond acceptors (Lipinski definition) is 4. The SMILES string of the molecule is CC(C)CN(CCOCCN)CC(N)=O. The van der Waals surface area contributed by atoms with E-state index in [1.54, 1.807) is 0 Å². The van der Waals surface area contributed by atoms with Crippen LogP contribution < -0.4 is 11.5 Å². The van der Waals surface area contributed by atoms with Crippen LogP contribution in [0, 0.1) is 5.92 Å². The summed E-state index contributed by atoms with van der Waals surface area (Å²) in [4.78, 5) is 12.8. The van der Waals surface area contributed by atoms with Crippen LogP contribution in [0.25, 0.3) is 0 Å². The van der Waals surface area contributed by atoms with Crippen LogP contribution in [0.15, 0.2) is 0 Å². The van der Waals surface area contributed by atoms with E-state index in [1.165, 1.54) is 0 Å². The summed E-state index contributed by atoms with van der Waals surface area (Å²) in [7, 11) is 0. The van der Waals surface area contributed by atoms with Crippen molar-refractivity contribution in [2.75, 3.05) is 39.4 Å². The third-order valence-electron chi connectivity index (χ3n) is 1.82. The molecule has 0 aromatic heterocycles. The predicted octanol–water partition coefficient (Wildman–Crippen LogP) is -0.595. The Balaban J connectivity index is 3.74. The molecule has 0 aliphatic carbocycles. The first kappa shape index (κ1) is 14.3. The number of carbonyl (C=O) groups excluding carboxylic acids is 1. The summed E-state index contributed by atoms with van der Waals surface area (Å²) in [5, 5.41) is 0. The minimum atomic E-state index is -0.297. The van der Waals surface area contributed by atoms with Gasteiger partial charge in [0.05, 0.1) is 19.8 Å². The molecule has 5 heteroatoms. The number of amides is 1. The number of hydrogen-bond donors (Lipinski definition) is 2. The van der Waals surface area contributed by atoms with Crippen LogP contribution in [0.3, 0.4) is 0 Å². The van der Waals surface area contributed by atoms with Gasteiger partial charge >= 0.3 is 0 Å². The summed E-state index contributed by atoms with van der Waals surface area (Å²) in [6.07, 6.45) is 0. The zero-order valence-corrected chi connectivity index (χ0v) is 9.74. The Morgan fingerprint density at radius 2 is 2.07 bits per heavy atom. The molecule has 0 heterocycles. The van der Waals surface area contributed by atoms with Crippen molar-refractivity contribution in [3.63, 3.8) is 0 Å². The van der Waals surface area contributed by atoms with Gasteiger partial charge in [0.2, 0.25) is 5.91 Å². The molecule has 0 aliphatic heterocycles. The Hall–Kier alpha value is -0.650. The van der Waals surface area contributed by atoms with Crippen molar-refractivity contribution >= 4 is 5.91 Å². The van der Waals surface area contributed by atoms with E-state index in [2.05, 4.69) is 13.8 Å². The Labute approximate surface area is 91.7 Å². The summed E-state index contributed by atoms with van der Waals surface area (Å²) in [6.45, 7) is 7.77. The summed E-state index contributed by atoms with van der Waals surface area (Å²) >= 11 is 0. The Morgan fingerprint density at radius 3 is 2.53 bits per heavy atom. The largest absolute Gasteiger partial charge is 0.379 e. The number of ether oxygens (including phenoxy) is 1. The van der Waals surface area contributed by atoms with Crippen LogP contribution >= 0.6 is 0 Å². The first-order chi connectivity index (χ1) is 7.06. The number of nitrogens with two attached hydrogens (primary N) is 2. The van der Waals surface area contributed by atoms with Gasteiger partial charge < -0.3 is 16.2 Å². The smallest absolute Gasteiger partial charge is 0.231 e. The molecule has 4 N–H and O–H groups in total. The second-order valence-corrected chi connectivity index (χ2v) is 4.00. The molecular formula is C10H23N3O2. The number of rotatable bonds is 9. The van der Waals surface area contributed by atoms with Crippen molar-refractivity contribution in [1.82, 2.24) is 4.90 Å². The molecule has 0 saturated heterocycles. The predicted molar refractivity (Wildman–Crippen MR) is 60.3 cm³/mol. The van der Waals surface area contributed by atoms with Gasteiger partial charge in [-0.25, -0.2) is 0 Å². The zero-order valence-electron chi connectivity index (χ0n) is 9.74. The zero-order chi connectivity index (χ0) is 11.7. The molecule has 90 valence electrons. The van der Waals surface area contributed by atoms with Crippen LogP contribution in [0.1, 0.15) is 13.8 Å². The van der Waals surface area contributed by atoms with Gasteiger partial charge in [-0.05, 0) is 5.92 Å². The molecule has 5 nitrogen and oxygen atoms in total. The topological polar surface area (TPSA) is 81.6 Å². The molecule has 1 amide bonds. The highest BCUT2D eigenvalue weighted by Gasteiger charge is 2.09. The fourth-order valence-electron chi connectivity index (χ4n) is 1.35. The molecule has 0 bridgehead atoms. The molecule has 0 saturated carbocycles. The highest BCUT2D eigenvalue weighted by Crippen LogP contribution is 1.97. The van der Waals surface area contributed by atoms with Crippen molar-refractivity contribution < 1.29 is 9.53 Å². The molecular weight excluding hydrogens is 194 g/mol. The third-order valence-corrected chi connectivity index (χ3v) is 1.82. The fraction of sp³-hybridized carbons (Fsp3) is 0.900. The standard InChI is InChI=1S/C10H23N3O2/c1-9(2)7-13(8-10(12)14)4-6-15-5-3-11/h9H,3-8,11H2,1-2H3,(H2,12,14). The fourth-order valence-corrected chi connectivity index (χ4v) is 1.35. The molecule has 0 radical (unpaired) electrons. The molecule has 0 spiro atoms. The summed E-state index contributed by atoms with van der Waals surface area (Å²) < 4.78 is 5.26. The lowest BCUT2D eigenvalue weighted by Gasteiger charge is -2.22. The van der Waals surface area contributed by atoms with Gasteiger partial charge in [0.25, 0.3) is 0 Å². The van der Waals surface area contributed by atoms with Gasteiger partial charge in [-0.1, -0.05) is 13.8 Å². The summed E-state index contributed by atoms with van der Waals surface area (Å²) in [5.74, 6) is 0.216. The van der Waals surface area contributed by atoms with Crippen LogP contribution in [0.2, 0.25) is 0 Å². The minimum Gasteiger partial charge on any atom is -0.379 e. The highest BCUT2D eigenvalue weighted by molar-refractivity contribution is 5.75. The average molecular weight is 217 g/mol. The first-order valence-electron chi connectivity index (χ1n) is 5.34. The second-order valence-electron chi connectivity index (χ2n) is 4.00. The quantitative estimate of drug-likeness (QED) is 0.506. The molecule has 0 aromatic rings. The van der Waals surface area contributed by atoms with Crippen molar-refractivity contribution in [2.24, 2.45) is 17.4 Å². The summed E-state index contributed by atoms with van der Waals surface area (Å²) in [5.41, 5.74) is 10.5. The van der Waals surface area contributed by atoms with Gasteiger partial charge in [-0.2, -0.15) is 0 Å². The van der Waals surface area contributed by atoms with E-state index in [0.717, 1.165) is 13.1 Å². The van der Waals surface area contributed by atoms with Gasteiger partial charge in [0.1, 0.15) is 0 Å². The maximum absolute atomic E-state index is 10.8. The lowest BCUT2D eigenvalue weighted by Crippen LogP contribution is -2.38. The first-order valence-corrected chi connectivity index (χ1v) is 5.34. The van der Waals surface area contributed by atoms with E-state index in [4.69, 9.17) is 16.2 Å². The van der Waals surface area contributed by atoms with Gasteiger partial charge in [-0.3, -0.25) is 9.69 Å². The Kier molecular flexibility index (Phi) is 8.27. The third kappa shape index (κ3) is 9.65. The molecule has 0 unspecified atom stereocenters. The number of carbonyl (C=O) groups is 1. The second kappa shape index (κ2) is 8.64.